The van der Waals surface area contributed by atoms with Gasteiger partial charge in [-0.15, -0.1) is 0 Å². The van der Waals surface area contributed by atoms with Crippen LogP contribution >= 0.6 is 0 Å². The lowest BCUT2D eigenvalue weighted by Gasteiger charge is -2.38. The van der Waals surface area contributed by atoms with E-state index in [-0.39, 0.29) is 35.2 Å². The van der Waals surface area contributed by atoms with Gasteiger partial charge in [0.15, 0.2) is 17.4 Å². The Morgan fingerprint density at radius 2 is 1.95 bits per heavy atom. The lowest BCUT2D eigenvalue weighted by atomic mass is 9.62. The zero-order chi connectivity index (χ0) is 28.6. The van der Waals surface area contributed by atoms with Crippen molar-refractivity contribution in [3.63, 3.8) is 0 Å². The average molecular weight is 557 g/mol. The lowest BCUT2D eigenvalue weighted by molar-refractivity contribution is -0.143. The molecular weight excluding hydrogens is 520 g/mol. The van der Waals surface area contributed by atoms with E-state index in [9.17, 15) is 9.59 Å². The van der Waals surface area contributed by atoms with E-state index in [0.717, 1.165) is 38.6 Å². The lowest BCUT2D eigenvalue weighted by Crippen LogP contribution is -2.45. The maximum Gasteiger partial charge on any atom is 0.219 e. The van der Waals surface area contributed by atoms with Crippen LogP contribution in [0.25, 0.3) is 22.9 Å². The Kier molecular flexibility index (Phi) is 7.37. The number of hydrogen-bond donors (Lipinski definition) is 1. The molecule has 0 amide bonds. The third-order valence-corrected chi connectivity index (χ3v) is 8.86. The number of nitrogens with two attached hydrogens (primary N) is 1. The molecular formula is C30H36N8O3. The van der Waals surface area contributed by atoms with Crippen molar-refractivity contribution in [2.75, 3.05) is 13.6 Å². The maximum absolute atomic E-state index is 13.8. The second-order valence-corrected chi connectivity index (χ2v) is 11.4. The van der Waals surface area contributed by atoms with Crippen molar-refractivity contribution in [2.45, 2.75) is 76.9 Å². The Balaban J connectivity index is 1.39. The van der Waals surface area contributed by atoms with E-state index in [1.165, 1.54) is 0 Å². The van der Waals surface area contributed by atoms with Gasteiger partial charge in [0.1, 0.15) is 23.3 Å². The molecule has 214 valence electrons. The molecule has 3 fully saturated rings. The van der Waals surface area contributed by atoms with Gasteiger partial charge in [-0.2, -0.15) is 10.1 Å². The first-order valence-electron chi connectivity index (χ1n) is 14.5. The number of ketones is 2. The Morgan fingerprint density at radius 3 is 2.71 bits per heavy atom. The number of hydrogen-bond acceptors (Lipinski definition) is 10. The molecule has 4 heterocycles. The number of ether oxygens (including phenoxy) is 1. The molecule has 6 rings (SSSR count). The van der Waals surface area contributed by atoms with Gasteiger partial charge in [-0.1, -0.05) is 6.42 Å². The first-order chi connectivity index (χ1) is 19.9. The molecule has 0 radical (unpaired) electrons. The quantitative estimate of drug-likeness (QED) is 0.354. The van der Waals surface area contributed by atoms with Gasteiger partial charge < -0.3 is 10.5 Å². The van der Waals surface area contributed by atoms with Gasteiger partial charge in [-0.05, 0) is 71.5 Å². The van der Waals surface area contributed by atoms with Crippen molar-refractivity contribution < 1.29 is 14.3 Å². The summed E-state index contributed by atoms with van der Waals surface area (Å²) in [4.78, 5) is 47.0. The van der Waals surface area contributed by atoms with Gasteiger partial charge in [0.05, 0.1) is 17.3 Å². The molecule has 3 aromatic heterocycles. The van der Waals surface area contributed by atoms with Crippen LogP contribution in [0.1, 0.15) is 70.5 Å². The minimum absolute atomic E-state index is 0.0417. The van der Waals surface area contributed by atoms with E-state index in [1.807, 2.05) is 13.0 Å². The zero-order valence-electron chi connectivity index (χ0n) is 23.6. The van der Waals surface area contributed by atoms with Crippen LogP contribution in [0.15, 0.2) is 42.5 Å². The molecule has 41 heavy (non-hydrogen) atoms. The molecule has 3 aromatic rings. The number of carbonyl (C=O) groups is 2. The van der Waals surface area contributed by atoms with E-state index in [2.05, 4.69) is 32.0 Å². The molecule has 0 unspecified atom stereocenters. The largest absolute Gasteiger partial charge is 0.473 e. The van der Waals surface area contributed by atoms with Crippen LogP contribution in [0.5, 0.6) is 5.88 Å². The summed E-state index contributed by atoms with van der Waals surface area (Å²) in [5.41, 5.74) is 7.65. The summed E-state index contributed by atoms with van der Waals surface area (Å²) in [6.45, 7) is 3.07. The van der Waals surface area contributed by atoms with Gasteiger partial charge in [0.25, 0.3) is 0 Å². The van der Waals surface area contributed by atoms with E-state index < -0.39 is 5.41 Å². The number of likely N-dealkylation sites (tertiary alicyclic amines) is 1. The summed E-state index contributed by atoms with van der Waals surface area (Å²) in [6.07, 6.45) is 13.2. The van der Waals surface area contributed by atoms with Crippen LogP contribution in [-0.2, 0) is 9.59 Å². The second kappa shape index (κ2) is 11.1. The van der Waals surface area contributed by atoms with Gasteiger partial charge in [-0.25, -0.2) is 9.67 Å². The summed E-state index contributed by atoms with van der Waals surface area (Å²) in [5.74, 6) is 0.879. The third kappa shape index (κ3) is 5.14. The molecule has 0 aromatic carbocycles. The first-order valence-corrected chi connectivity index (χ1v) is 14.5. The minimum Gasteiger partial charge on any atom is -0.473 e. The molecule has 3 aliphatic rings. The second-order valence-electron chi connectivity index (χ2n) is 11.4. The average Bonchev–Trinajstić information content (AvgIpc) is 3.66. The molecule has 2 N–H and O–H groups in total. The Bertz CT molecular complexity index is 1480. The Morgan fingerprint density at radius 1 is 1.10 bits per heavy atom. The predicted octanol–water partition coefficient (Wildman–Crippen LogP) is 3.53. The van der Waals surface area contributed by atoms with E-state index >= 15 is 0 Å². The third-order valence-electron chi connectivity index (χ3n) is 8.86. The van der Waals surface area contributed by atoms with Crippen LogP contribution in [0, 0.1) is 5.41 Å². The smallest absolute Gasteiger partial charge is 0.219 e. The van der Waals surface area contributed by atoms with Crippen LogP contribution in [0.4, 0.5) is 0 Å². The van der Waals surface area contributed by atoms with Crippen LogP contribution in [0.3, 0.4) is 0 Å². The highest BCUT2D eigenvalue weighted by molar-refractivity contribution is 6.17. The minimum atomic E-state index is -0.956. The fraction of sp³-hybridized carbons (Fsp3) is 0.500. The number of carbonyl (C=O) groups excluding carboxylic acids is 2. The van der Waals surface area contributed by atoms with Crippen molar-refractivity contribution in [3.05, 3.63) is 48.3 Å². The Labute approximate surface area is 239 Å². The highest BCUT2D eigenvalue weighted by atomic mass is 16.5. The van der Waals surface area contributed by atoms with Crippen molar-refractivity contribution in [2.24, 2.45) is 11.1 Å². The first kappa shape index (κ1) is 27.2. The molecule has 1 aliphatic heterocycles. The molecule has 11 heteroatoms. The fourth-order valence-electron chi connectivity index (χ4n) is 6.60. The zero-order valence-corrected chi connectivity index (χ0v) is 23.6. The summed E-state index contributed by atoms with van der Waals surface area (Å²) < 4.78 is 7.99. The van der Waals surface area contributed by atoms with E-state index in [1.54, 1.807) is 35.5 Å². The highest BCUT2D eigenvalue weighted by Gasteiger charge is 2.49. The molecule has 2 aliphatic carbocycles. The van der Waals surface area contributed by atoms with Crippen molar-refractivity contribution in [1.82, 2.24) is 34.6 Å². The van der Waals surface area contributed by atoms with Gasteiger partial charge in [-0.3, -0.25) is 24.5 Å². The normalized spacial score (nSPS) is 25.5. The van der Waals surface area contributed by atoms with Gasteiger partial charge >= 0.3 is 0 Å². The van der Waals surface area contributed by atoms with Crippen LogP contribution in [-0.4, -0.2) is 71.9 Å². The standard InChI is InChI=1S/C30H36N8O3/c1-19(23-8-6-15-37(23)2)41-26-17-25(38-16-10-21(36-38)22-18-32-13-14-33-22)34-29(35-26)27(31)20-7-5-12-30(28(20)40)11-4-3-9-24(30)39/h10,13-14,16-19,23H,3-9,11-12,15,31H2,1-2H3/t19-,23-,30+/m0/s1. The number of Topliss-reactive ketones (excluding diaryl/α,β-unsaturated/α-hetero) is 2. The fourth-order valence-corrected chi connectivity index (χ4v) is 6.60. The van der Waals surface area contributed by atoms with Gasteiger partial charge in [0.2, 0.25) is 5.88 Å². The maximum atomic E-state index is 13.8. The summed E-state index contributed by atoms with van der Waals surface area (Å²) in [5, 5.41) is 4.66. The highest BCUT2D eigenvalue weighted by Crippen LogP contribution is 2.45. The molecule has 0 bridgehead atoms. The molecule has 1 spiro atoms. The van der Waals surface area contributed by atoms with Crippen molar-refractivity contribution in [3.8, 4) is 23.1 Å². The number of nitrogens with zero attached hydrogens (tertiary/aromatic N) is 7. The molecule has 1 saturated heterocycles. The monoisotopic (exact) mass is 556 g/mol. The van der Waals surface area contributed by atoms with Crippen LogP contribution < -0.4 is 10.5 Å². The summed E-state index contributed by atoms with van der Waals surface area (Å²) in [7, 11) is 2.10. The summed E-state index contributed by atoms with van der Waals surface area (Å²) >= 11 is 0. The van der Waals surface area contributed by atoms with Gasteiger partial charge in [0, 0.05) is 42.7 Å². The van der Waals surface area contributed by atoms with E-state index in [4.69, 9.17) is 15.5 Å². The molecule has 11 nitrogen and oxygen atoms in total. The molecule has 2 saturated carbocycles. The Hall–Kier alpha value is -3.99. The number of allylic oxidation sites excluding steroid dienone is 1. The molecule has 3 atom stereocenters. The van der Waals surface area contributed by atoms with Crippen LogP contribution in [0.2, 0.25) is 0 Å². The van der Waals surface area contributed by atoms with Crippen molar-refractivity contribution in [1.29, 1.82) is 0 Å². The number of likely N-dealkylation sites (N-methyl/N-ethyl adjacent to an activating group) is 1. The predicted molar refractivity (Wildman–Crippen MR) is 152 cm³/mol. The van der Waals surface area contributed by atoms with Crippen molar-refractivity contribution >= 4 is 17.3 Å². The number of aromatic nitrogens is 6. The summed E-state index contributed by atoms with van der Waals surface area (Å²) in [6, 6.07) is 3.82. The number of rotatable bonds is 6. The topological polar surface area (TPSA) is 142 Å². The van der Waals surface area contributed by atoms with E-state index in [0.29, 0.717) is 54.3 Å². The SMILES string of the molecule is C[C@H](Oc1cc(-n2ccc(-c3cnccn3)n2)nc(C(N)=C2CCC[C@@]3(CCCCC3=O)C2=O)n1)[C@@H]1CCCN1C.